The van der Waals surface area contributed by atoms with Gasteiger partial charge in [-0.3, -0.25) is 0 Å². The van der Waals surface area contributed by atoms with E-state index in [0.29, 0.717) is 51.4 Å². The van der Waals surface area contributed by atoms with E-state index < -0.39 is 0 Å². The molecule has 0 aliphatic rings. The summed E-state index contributed by atoms with van der Waals surface area (Å²) in [6, 6.07) is 0.554. The van der Waals surface area contributed by atoms with E-state index >= 15 is 0 Å². The third-order valence-electron chi connectivity index (χ3n) is 2.92. The van der Waals surface area contributed by atoms with Crippen molar-refractivity contribution < 1.29 is 13.9 Å². The van der Waals surface area contributed by atoms with Gasteiger partial charge in [-0.2, -0.15) is 0 Å². The summed E-state index contributed by atoms with van der Waals surface area (Å²) >= 11 is 0. The first kappa shape index (κ1) is 16.9. The highest BCUT2D eigenvalue weighted by Gasteiger charge is 2.17. The normalized spacial score (nSPS) is 12.6. The molecule has 20 heavy (non-hydrogen) atoms. The van der Waals surface area contributed by atoms with Gasteiger partial charge < -0.3 is 24.1 Å². The Morgan fingerprint density at radius 3 is 2.25 bits per heavy atom. The fraction of sp³-hybridized carbons (Fsp3) is 0.846. The number of hydrogen-bond donors (Lipinski definition) is 1. The third kappa shape index (κ3) is 5.44. The SMILES string of the molecule is CCOCCN(CCOCC)c1nnc(C(C)NC)o1. The van der Waals surface area contributed by atoms with Crippen molar-refractivity contribution in [3.8, 4) is 0 Å². The van der Waals surface area contributed by atoms with Crippen LogP contribution in [0.1, 0.15) is 32.7 Å². The van der Waals surface area contributed by atoms with Gasteiger partial charge in [0.1, 0.15) is 0 Å². The second-order valence-corrected chi connectivity index (χ2v) is 4.31. The molecule has 0 amide bonds. The molecule has 1 aromatic rings. The Bertz CT molecular complexity index is 349. The molecule has 0 spiro atoms. The van der Waals surface area contributed by atoms with Crippen molar-refractivity contribution in [2.75, 3.05) is 51.5 Å². The lowest BCUT2D eigenvalue weighted by Gasteiger charge is -2.19. The zero-order chi connectivity index (χ0) is 14.8. The monoisotopic (exact) mass is 286 g/mol. The molecule has 0 fully saturated rings. The first-order valence-electron chi connectivity index (χ1n) is 7.14. The van der Waals surface area contributed by atoms with Crippen molar-refractivity contribution in [3.05, 3.63) is 5.89 Å². The Morgan fingerprint density at radius 2 is 1.75 bits per heavy atom. The summed E-state index contributed by atoms with van der Waals surface area (Å²) < 4.78 is 16.5. The van der Waals surface area contributed by atoms with Crippen LogP contribution in [0.5, 0.6) is 0 Å². The molecule has 1 N–H and O–H groups in total. The predicted octanol–water partition coefficient (Wildman–Crippen LogP) is 1.23. The molecule has 0 aliphatic carbocycles. The predicted molar refractivity (Wildman–Crippen MR) is 77.0 cm³/mol. The molecule has 7 nitrogen and oxygen atoms in total. The lowest BCUT2D eigenvalue weighted by atomic mass is 10.3. The number of aromatic nitrogens is 2. The van der Waals surface area contributed by atoms with Gasteiger partial charge in [-0.05, 0) is 27.8 Å². The van der Waals surface area contributed by atoms with E-state index in [1.165, 1.54) is 0 Å². The van der Waals surface area contributed by atoms with Gasteiger partial charge in [-0.1, -0.05) is 5.10 Å². The second-order valence-electron chi connectivity index (χ2n) is 4.31. The number of nitrogens with one attached hydrogen (secondary N) is 1. The summed E-state index contributed by atoms with van der Waals surface area (Å²) in [6.45, 7) is 9.99. The zero-order valence-electron chi connectivity index (χ0n) is 12.9. The molecule has 0 aliphatic heterocycles. The minimum atomic E-state index is 0.0388. The first-order valence-corrected chi connectivity index (χ1v) is 7.14. The Kier molecular flexibility index (Phi) is 8.17. The van der Waals surface area contributed by atoms with E-state index in [2.05, 4.69) is 15.5 Å². The van der Waals surface area contributed by atoms with Crippen LogP contribution >= 0.6 is 0 Å². The van der Waals surface area contributed by atoms with Crippen LogP contribution in [0.3, 0.4) is 0 Å². The van der Waals surface area contributed by atoms with Crippen LogP contribution in [0.2, 0.25) is 0 Å². The Morgan fingerprint density at radius 1 is 1.15 bits per heavy atom. The summed E-state index contributed by atoms with van der Waals surface area (Å²) in [4.78, 5) is 1.99. The molecule has 0 bridgehead atoms. The molecular weight excluding hydrogens is 260 g/mol. The van der Waals surface area contributed by atoms with Crippen LogP contribution in [0.15, 0.2) is 4.42 Å². The van der Waals surface area contributed by atoms with Crippen molar-refractivity contribution in [3.63, 3.8) is 0 Å². The van der Waals surface area contributed by atoms with Crippen LogP contribution < -0.4 is 10.2 Å². The van der Waals surface area contributed by atoms with Crippen LogP contribution in [0, 0.1) is 0 Å². The Labute approximate surface area is 120 Å². The molecule has 1 heterocycles. The smallest absolute Gasteiger partial charge is 0.318 e. The van der Waals surface area contributed by atoms with Crippen molar-refractivity contribution in [2.24, 2.45) is 0 Å². The van der Waals surface area contributed by atoms with Crippen LogP contribution in [0.25, 0.3) is 0 Å². The van der Waals surface area contributed by atoms with E-state index in [-0.39, 0.29) is 6.04 Å². The number of ether oxygens (including phenoxy) is 2. The first-order chi connectivity index (χ1) is 9.72. The summed E-state index contributed by atoms with van der Waals surface area (Å²) in [5.74, 6) is 0.584. The molecule has 0 radical (unpaired) electrons. The van der Waals surface area contributed by atoms with Gasteiger partial charge >= 0.3 is 6.01 Å². The average Bonchev–Trinajstić information content (AvgIpc) is 2.95. The van der Waals surface area contributed by atoms with Gasteiger partial charge in [0.2, 0.25) is 5.89 Å². The van der Waals surface area contributed by atoms with Gasteiger partial charge in [-0.15, -0.1) is 5.10 Å². The van der Waals surface area contributed by atoms with Crippen LogP contribution in [-0.4, -0.2) is 56.8 Å². The maximum absolute atomic E-state index is 5.69. The lowest BCUT2D eigenvalue weighted by molar-refractivity contribution is 0.140. The minimum Gasteiger partial charge on any atom is -0.406 e. The number of hydrogen-bond acceptors (Lipinski definition) is 7. The van der Waals surface area contributed by atoms with Gasteiger partial charge in [0.15, 0.2) is 0 Å². The van der Waals surface area contributed by atoms with E-state index in [0.717, 1.165) is 0 Å². The standard InChI is InChI=1S/C13H26N4O3/c1-5-18-9-7-17(8-10-19-6-2)13-16-15-12(20-13)11(3)14-4/h11,14H,5-10H2,1-4H3. The van der Waals surface area contributed by atoms with Gasteiger partial charge in [0.25, 0.3) is 0 Å². The van der Waals surface area contributed by atoms with Crippen molar-refractivity contribution in [1.29, 1.82) is 0 Å². The number of nitrogens with zero attached hydrogens (tertiary/aromatic N) is 3. The molecule has 0 saturated heterocycles. The van der Waals surface area contributed by atoms with Gasteiger partial charge in [-0.25, -0.2) is 0 Å². The van der Waals surface area contributed by atoms with E-state index in [9.17, 15) is 0 Å². The summed E-state index contributed by atoms with van der Waals surface area (Å²) in [6.07, 6.45) is 0. The minimum absolute atomic E-state index is 0.0388. The highest BCUT2D eigenvalue weighted by Crippen LogP contribution is 2.16. The molecule has 116 valence electrons. The van der Waals surface area contributed by atoms with Gasteiger partial charge in [0, 0.05) is 26.3 Å². The van der Waals surface area contributed by atoms with Gasteiger partial charge in [0.05, 0.1) is 19.3 Å². The van der Waals surface area contributed by atoms with Crippen LogP contribution in [0.4, 0.5) is 6.01 Å². The highest BCUT2D eigenvalue weighted by molar-refractivity contribution is 5.24. The molecular formula is C13H26N4O3. The van der Waals surface area contributed by atoms with E-state index in [4.69, 9.17) is 13.9 Å². The Hall–Kier alpha value is -1.18. The topological polar surface area (TPSA) is 72.7 Å². The highest BCUT2D eigenvalue weighted by atomic mass is 16.5. The van der Waals surface area contributed by atoms with E-state index in [1.807, 2.05) is 32.7 Å². The third-order valence-corrected chi connectivity index (χ3v) is 2.92. The van der Waals surface area contributed by atoms with Crippen molar-refractivity contribution in [2.45, 2.75) is 26.8 Å². The summed E-state index contributed by atoms with van der Waals surface area (Å²) in [7, 11) is 1.86. The van der Waals surface area contributed by atoms with Crippen molar-refractivity contribution in [1.82, 2.24) is 15.5 Å². The molecule has 1 atom stereocenters. The maximum Gasteiger partial charge on any atom is 0.318 e. The molecule has 1 unspecified atom stereocenters. The zero-order valence-corrected chi connectivity index (χ0v) is 12.9. The molecule has 1 aromatic heterocycles. The summed E-state index contributed by atoms with van der Waals surface area (Å²) in [5, 5.41) is 11.2. The largest absolute Gasteiger partial charge is 0.406 e. The maximum atomic E-state index is 5.69. The number of anilines is 1. The van der Waals surface area contributed by atoms with Crippen molar-refractivity contribution >= 4 is 6.01 Å². The second kappa shape index (κ2) is 9.68. The average molecular weight is 286 g/mol. The number of rotatable bonds is 11. The molecule has 7 heteroatoms. The molecule has 0 saturated carbocycles. The fourth-order valence-electron chi connectivity index (χ4n) is 1.59. The molecule has 1 rings (SSSR count). The van der Waals surface area contributed by atoms with E-state index in [1.54, 1.807) is 0 Å². The Balaban J connectivity index is 2.62. The van der Waals surface area contributed by atoms with Crippen LogP contribution in [-0.2, 0) is 9.47 Å². The lowest BCUT2D eigenvalue weighted by Crippen LogP contribution is -2.31. The summed E-state index contributed by atoms with van der Waals surface area (Å²) in [5.41, 5.74) is 0. The fourth-order valence-corrected chi connectivity index (χ4v) is 1.59. The molecule has 0 aromatic carbocycles. The quantitative estimate of drug-likeness (QED) is 0.613.